The third-order valence-electron chi connectivity index (χ3n) is 4.06. The number of rotatable bonds is 6. The topological polar surface area (TPSA) is 51.7 Å². The standard InChI is InChI=1S/C20H21FN2O3/c1-2-26-17-6-4-16(22-14-17)5-8-20(24)15-3-7-19(18(21)13-15)23-9-11-25-12-10-23/h3-8,13-14H,2,9-12H2,1H3/b8-5+. The number of allylic oxidation sites excluding steroid dienone is 1. The van der Waals surface area contributed by atoms with Crippen molar-refractivity contribution in [3.63, 3.8) is 0 Å². The number of carbonyl (C=O) groups excluding carboxylic acids is 1. The molecular formula is C20H21FN2O3. The lowest BCUT2D eigenvalue weighted by Crippen LogP contribution is -2.36. The Morgan fingerprint density at radius 2 is 2.12 bits per heavy atom. The molecule has 0 spiro atoms. The predicted octanol–water partition coefficient (Wildman–Crippen LogP) is 3.35. The summed E-state index contributed by atoms with van der Waals surface area (Å²) in [5.74, 6) is 0.00945. The smallest absolute Gasteiger partial charge is 0.186 e. The molecule has 1 fully saturated rings. The second kappa shape index (κ2) is 8.58. The zero-order valence-corrected chi connectivity index (χ0v) is 14.7. The van der Waals surface area contributed by atoms with E-state index in [-0.39, 0.29) is 5.78 Å². The Labute approximate surface area is 152 Å². The van der Waals surface area contributed by atoms with Gasteiger partial charge in [-0.05, 0) is 49.4 Å². The second-order valence-corrected chi connectivity index (χ2v) is 5.81. The first-order valence-corrected chi connectivity index (χ1v) is 8.61. The normalized spacial score (nSPS) is 14.6. The molecule has 0 amide bonds. The number of hydrogen-bond acceptors (Lipinski definition) is 5. The van der Waals surface area contributed by atoms with Gasteiger partial charge in [-0.2, -0.15) is 0 Å². The molecule has 0 aliphatic carbocycles. The number of pyridine rings is 1. The first-order valence-electron chi connectivity index (χ1n) is 8.61. The van der Waals surface area contributed by atoms with Crippen LogP contribution in [-0.2, 0) is 4.74 Å². The van der Waals surface area contributed by atoms with Crippen molar-refractivity contribution in [2.45, 2.75) is 6.92 Å². The fourth-order valence-electron chi connectivity index (χ4n) is 2.72. The van der Waals surface area contributed by atoms with Crippen LogP contribution in [0.1, 0.15) is 23.0 Å². The van der Waals surface area contributed by atoms with Crippen molar-refractivity contribution in [2.24, 2.45) is 0 Å². The molecule has 0 saturated carbocycles. The van der Waals surface area contributed by atoms with E-state index < -0.39 is 5.82 Å². The van der Waals surface area contributed by atoms with E-state index in [0.717, 1.165) is 0 Å². The van der Waals surface area contributed by atoms with Crippen molar-refractivity contribution in [2.75, 3.05) is 37.8 Å². The molecule has 0 radical (unpaired) electrons. The van der Waals surface area contributed by atoms with Gasteiger partial charge in [-0.3, -0.25) is 9.78 Å². The minimum absolute atomic E-state index is 0.270. The summed E-state index contributed by atoms with van der Waals surface area (Å²) in [5, 5.41) is 0. The lowest BCUT2D eigenvalue weighted by atomic mass is 10.1. The summed E-state index contributed by atoms with van der Waals surface area (Å²) in [7, 11) is 0. The van der Waals surface area contributed by atoms with Crippen LogP contribution in [0.5, 0.6) is 5.75 Å². The molecular weight excluding hydrogens is 335 g/mol. The maximum Gasteiger partial charge on any atom is 0.186 e. The largest absolute Gasteiger partial charge is 0.492 e. The SMILES string of the molecule is CCOc1ccc(/C=C/C(=O)c2ccc(N3CCOCC3)c(F)c2)nc1. The molecule has 1 saturated heterocycles. The van der Waals surface area contributed by atoms with Crippen LogP contribution in [0.3, 0.4) is 0 Å². The van der Waals surface area contributed by atoms with E-state index in [4.69, 9.17) is 9.47 Å². The number of nitrogens with zero attached hydrogens (tertiary/aromatic N) is 2. The third-order valence-corrected chi connectivity index (χ3v) is 4.06. The molecule has 1 aliphatic heterocycles. The van der Waals surface area contributed by atoms with Gasteiger partial charge in [0.2, 0.25) is 0 Å². The van der Waals surface area contributed by atoms with Crippen LogP contribution in [0, 0.1) is 5.82 Å². The Morgan fingerprint density at radius 1 is 1.31 bits per heavy atom. The molecule has 1 aromatic carbocycles. The van der Waals surface area contributed by atoms with Crippen molar-refractivity contribution in [1.82, 2.24) is 4.98 Å². The fraction of sp³-hybridized carbons (Fsp3) is 0.300. The molecule has 2 aromatic rings. The highest BCUT2D eigenvalue weighted by atomic mass is 19.1. The number of hydrogen-bond donors (Lipinski definition) is 0. The Bertz CT molecular complexity index is 784. The van der Waals surface area contributed by atoms with Gasteiger partial charge >= 0.3 is 0 Å². The lowest BCUT2D eigenvalue weighted by Gasteiger charge is -2.29. The number of aromatic nitrogens is 1. The Balaban J connectivity index is 1.68. The maximum absolute atomic E-state index is 14.4. The minimum Gasteiger partial charge on any atom is -0.492 e. The van der Waals surface area contributed by atoms with E-state index in [9.17, 15) is 9.18 Å². The summed E-state index contributed by atoms with van der Waals surface area (Å²) in [6.07, 6.45) is 4.60. The van der Waals surface area contributed by atoms with Crippen LogP contribution < -0.4 is 9.64 Å². The molecule has 6 heteroatoms. The van der Waals surface area contributed by atoms with Crippen molar-refractivity contribution < 1.29 is 18.7 Å². The highest BCUT2D eigenvalue weighted by Crippen LogP contribution is 2.22. The average molecular weight is 356 g/mol. The molecule has 0 atom stereocenters. The average Bonchev–Trinajstić information content (AvgIpc) is 2.68. The molecule has 3 rings (SSSR count). The molecule has 0 N–H and O–H groups in total. The quantitative estimate of drug-likeness (QED) is 0.587. The van der Waals surface area contributed by atoms with Crippen LogP contribution >= 0.6 is 0 Å². The van der Waals surface area contributed by atoms with Gasteiger partial charge in [0.25, 0.3) is 0 Å². The van der Waals surface area contributed by atoms with Gasteiger partial charge in [0, 0.05) is 18.7 Å². The summed E-state index contributed by atoms with van der Waals surface area (Å²) in [5.41, 5.74) is 1.44. The molecule has 5 nitrogen and oxygen atoms in total. The zero-order chi connectivity index (χ0) is 18.4. The molecule has 0 unspecified atom stereocenters. The van der Waals surface area contributed by atoms with Gasteiger partial charge in [0.15, 0.2) is 5.78 Å². The molecule has 2 heterocycles. The zero-order valence-electron chi connectivity index (χ0n) is 14.7. The predicted molar refractivity (Wildman–Crippen MR) is 98.2 cm³/mol. The fourth-order valence-corrected chi connectivity index (χ4v) is 2.72. The molecule has 136 valence electrons. The van der Waals surface area contributed by atoms with Crippen molar-refractivity contribution >= 4 is 17.5 Å². The van der Waals surface area contributed by atoms with Crippen LogP contribution in [0.2, 0.25) is 0 Å². The summed E-state index contributed by atoms with van der Waals surface area (Å²) >= 11 is 0. The summed E-state index contributed by atoms with van der Waals surface area (Å²) in [4.78, 5) is 18.4. The second-order valence-electron chi connectivity index (χ2n) is 5.81. The minimum atomic E-state index is -0.398. The number of carbonyl (C=O) groups is 1. The van der Waals surface area contributed by atoms with Gasteiger partial charge in [-0.25, -0.2) is 4.39 Å². The highest BCUT2D eigenvalue weighted by molar-refractivity contribution is 6.06. The number of halogens is 1. The molecule has 26 heavy (non-hydrogen) atoms. The number of anilines is 1. The Hall–Kier alpha value is -2.73. The number of morpholine rings is 1. The molecule has 0 bridgehead atoms. The van der Waals surface area contributed by atoms with E-state index >= 15 is 0 Å². The van der Waals surface area contributed by atoms with Gasteiger partial charge in [0.1, 0.15) is 11.6 Å². The molecule has 1 aliphatic rings. The van der Waals surface area contributed by atoms with Crippen molar-refractivity contribution in [3.8, 4) is 5.75 Å². The highest BCUT2D eigenvalue weighted by Gasteiger charge is 2.16. The van der Waals surface area contributed by atoms with Crippen LogP contribution in [0.15, 0.2) is 42.6 Å². The van der Waals surface area contributed by atoms with Crippen molar-refractivity contribution in [3.05, 3.63) is 59.7 Å². The lowest BCUT2D eigenvalue weighted by molar-refractivity contribution is 0.104. The Kier molecular flexibility index (Phi) is 5.96. The molecule has 1 aromatic heterocycles. The summed E-state index contributed by atoms with van der Waals surface area (Å²) < 4.78 is 25.0. The third kappa shape index (κ3) is 4.46. The van der Waals surface area contributed by atoms with E-state index in [1.165, 1.54) is 12.1 Å². The van der Waals surface area contributed by atoms with E-state index in [1.54, 1.807) is 36.5 Å². The summed E-state index contributed by atoms with van der Waals surface area (Å²) in [6, 6.07) is 8.13. The van der Waals surface area contributed by atoms with Crippen LogP contribution in [0.4, 0.5) is 10.1 Å². The Morgan fingerprint density at radius 3 is 2.77 bits per heavy atom. The van der Waals surface area contributed by atoms with E-state index in [2.05, 4.69) is 4.98 Å². The monoisotopic (exact) mass is 356 g/mol. The van der Waals surface area contributed by atoms with Gasteiger partial charge in [-0.15, -0.1) is 0 Å². The van der Waals surface area contributed by atoms with Gasteiger partial charge in [-0.1, -0.05) is 0 Å². The number of ether oxygens (including phenoxy) is 2. The maximum atomic E-state index is 14.4. The van der Waals surface area contributed by atoms with Crippen LogP contribution in [-0.4, -0.2) is 43.7 Å². The van der Waals surface area contributed by atoms with Gasteiger partial charge in [0.05, 0.1) is 37.4 Å². The number of ketones is 1. The first kappa shape index (κ1) is 18.1. The number of benzene rings is 1. The van der Waals surface area contributed by atoms with Gasteiger partial charge < -0.3 is 14.4 Å². The van der Waals surface area contributed by atoms with E-state index in [1.807, 2.05) is 11.8 Å². The van der Waals surface area contributed by atoms with Crippen molar-refractivity contribution in [1.29, 1.82) is 0 Å². The van der Waals surface area contributed by atoms with Crippen LogP contribution in [0.25, 0.3) is 6.08 Å². The first-order chi connectivity index (χ1) is 12.7. The van der Waals surface area contributed by atoms with E-state index in [0.29, 0.717) is 55.6 Å². The summed E-state index contributed by atoms with van der Waals surface area (Å²) in [6.45, 7) is 4.92.